The monoisotopic (exact) mass is 372 g/mol. The van der Waals surface area contributed by atoms with E-state index in [1.54, 1.807) is 26.0 Å². The van der Waals surface area contributed by atoms with Crippen LogP contribution >= 0.6 is 15.9 Å². The lowest BCUT2D eigenvalue weighted by Gasteiger charge is -2.13. The van der Waals surface area contributed by atoms with Crippen molar-refractivity contribution < 1.29 is 18.3 Å². The Hall–Kier alpha value is -1.80. The molecule has 1 aromatic heterocycles. The number of nitrogens with one attached hydrogen (secondary N) is 2. The molecule has 1 aromatic carbocycles. The van der Waals surface area contributed by atoms with Crippen LogP contribution in [0.4, 0.5) is 5.69 Å². The summed E-state index contributed by atoms with van der Waals surface area (Å²) in [6.07, 6.45) is 1.15. The van der Waals surface area contributed by atoms with Crippen LogP contribution in [0.5, 0.6) is 0 Å². The van der Waals surface area contributed by atoms with Gasteiger partial charge in [0.1, 0.15) is 10.6 Å². The van der Waals surface area contributed by atoms with Gasteiger partial charge < -0.3 is 10.1 Å². The molecule has 112 valence electrons. The Balaban J connectivity index is 2.40. The number of hydrogen-bond donors (Lipinski definition) is 3. The van der Waals surface area contributed by atoms with Gasteiger partial charge in [-0.3, -0.25) is 4.72 Å². The van der Waals surface area contributed by atoms with Crippen LogP contribution in [-0.2, 0) is 10.0 Å². The lowest BCUT2D eigenvalue weighted by molar-refractivity contribution is 0.0691. The second kappa shape index (κ2) is 5.53. The number of halogens is 1. The van der Waals surface area contributed by atoms with E-state index in [9.17, 15) is 13.2 Å². The van der Waals surface area contributed by atoms with E-state index < -0.39 is 16.0 Å². The number of carboxylic acid groups (broad SMARTS) is 1. The van der Waals surface area contributed by atoms with Crippen LogP contribution in [0.1, 0.15) is 21.6 Å². The minimum atomic E-state index is -3.84. The average molecular weight is 373 g/mol. The van der Waals surface area contributed by atoms with E-state index in [-0.39, 0.29) is 10.6 Å². The van der Waals surface area contributed by atoms with Crippen molar-refractivity contribution >= 4 is 37.6 Å². The number of H-pyrrole nitrogens is 1. The van der Waals surface area contributed by atoms with Crippen molar-refractivity contribution in [1.29, 1.82) is 0 Å². The predicted molar refractivity (Wildman–Crippen MR) is 82.2 cm³/mol. The lowest BCUT2D eigenvalue weighted by atomic mass is 10.1. The first kappa shape index (κ1) is 15.6. The molecule has 0 saturated heterocycles. The van der Waals surface area contributed by atoms with E-state index in [2.05, 4.69) is 25.6 Å². The third kappa shape index (κ3) is 3.27. The van der Waals surface area contributed by atoms with Gasteiger partial charge in [0.05, 0.1) is 5.69 Å². The summed E-state index contributed by atoms with van der Waals surface area (Å²) in [4.78, 5) is 13.1. The molecule has 0 radical (unpaired) electrons. The normalized spacial score (nSPS) is 11.4. The van der Waals surface area contributed by atoms with Gasteiger partial charge in [-0.25, -0.2) is 13.2 Å². The van der Waals surface area contributed by atoms with E-state index in [0.717, 1.165) is 27.9 Å². The number of rotatable bonds is 4. The summed E-state index contributed by atoms with van der Waals surface area (Å²) in [6, 6.07) is 4.67. The number of carboxylic acids is 1. The Morgan fingerprint density at radius 1 is 1.24 bits per heavy atom. The summed E-state index contributed by atoms with van der Waals surface area (Å²) < 4.78 is 27.9. The molecule has 21 heavy (non-hydrogen) atoms. The molecule has 2 rings (SSSR count). The van der Waals surface area contributed by atoms with E-state index in [1.165, 1.54) is 0 Å². The first-order valence-electron chi connectivity index (χ1n) is 5.92. The van der Waals surface area contributed by atoms with Crippen LogP contribution in [0.15, 0.2) is 33.8 Å². The van der Waals surface area contributed by atoms with Crippen LogP contribution in [0.2, 0.25) is 0 Å². The molecule has 0 spiro atoms. The van der Waals surface area contributed by atoms with Gasteiger partial charge in [0, 0.05) is 10.7 Å². The van der Waals surface area contributed by atoms with Crippen LogP contribution in [0, 0.1) is 13.8 Å². The first-order chi connectivity index (χ1) is 9.70. The number of sulfonamides is 1. The standard InChI is InChI=1S/C13H13BrN2O4S/c1-7-3-9(14)4-8(2)12(7)16-21(19,20)10-5-11(13(17)18)15-6-10/h3-6,15-16H,1-2H3,(H,17,18). The number of aryl methyl sites for hydroxylation is 2. The lowest BCUT2D eigenvalue weighted by Crippen LogP contribution is -2.14. The van der Waals surface area contributed by atoms with Gasteiger partial charge in [-0.2, -0.15) is 0 Å². The molecule has 2 aromatic rings. The quantitative estimate of drug-likeness (QED) is 0.767. The fourth-order valence-electron chi connectivity index (χ4n) is 1.92. The first-order valence-corrected chi connectivity index (χ1v) is 8.19. The van der Waals surface area contributed by atoms with Gasteiger partial charge >= 0.3 is 5.97 Å². The van der Waals surface area contributed by atoms with Crippen LogP contribution in [0.3, 0.4) is 0 Å². The summed E-state index contributed by atoms with van der Waals surface area (Å²) in [5.74, 6) is -1.22. The maximum absolute atomic E-state index is 12.3. The maximum Gasteiger partial charge on any atom is 0.352 e. The molecule has 6 nitrogen and oxygen atoms in total. The molecule has 0 saturated carbocycles. The second-order valence-corrected chi connectivity index (χ2v) is 7.17. The summed E-state index contributed by atoms with van der Waals surface area (Å²) in [5.41, 5.74) is 1.83. The molecular formula is C13H13BrN2O4S. The van der Waals surface area contributed by atoms with Crippen molar-refractivity contribution in [2.75, 3.05) is 4.72 Å². The van der Waals surface area contributed by atoms with Gasteiger partial charge in [-0.15, -0.1) is 0 Å². The Bertz CT molecular complexity index is 788. The van der Waals surface area contributed by atoms with E-state index in [4.69, 9.17) is 5.11 Å². The summed E-state index contributed by atoms with van der Waals surface area (Å²) >= 11 is 3.34. The number of anilines is 1. The Morgan fingerprint density at radius 3 is 2.29 bits per heavy atom. The highest BCUT2D eigenvalue weighted by Gasteiger charge is 2.20. The molecule has 3 N–H and O–H groups in total. The van der Waals surface area contributed by atoms with Crippen molar-refractivity contribution in [2.45, 2.75) is 18.7 Å². The van der Waals surface area contributed by atoms with Gasteiger partial charge in [-0.05, 0) is 43.2 Å². The van der Waals surface area contributed by atoms with Crippen LogP contribution in [-0.4, -0.2) is 24.5 Å². The van der Waals surface area contributed by atoms with Gasteiger partial charge in [-0.1, -0.05) is 15.9 Å². The zero-order valence-corrected chi connectivity index (χ0v) is 13.7. The minimum Gasteiger partial charge on any atom is -0.477 e. The van der Waals surface area contributed by atoms with Crippen LogP contribution in [0.25, 0.3) is 0 Å². The zero-order valence-electron chi connectivity index (χ0n) is 11.3. The van der Waals surface area contributed by atoms with E-state index in [0.29, 0.717) is 5.69 Å². The Kier molecular flexibility index (Phi) is 4.11. The highest BCUT2D eigenvalue weighted by Crippen LogP contribution is 2.27. The van der Waals surface area contributed by atoms with Gasteiger partial charge in [0.15, 0.2) is 0 Å². The number of aromatic nitrogens is 1. The summed E-state index contributed by atoms with van der Waals surface area (Å²) in [5, 5.41) is 8.82. The van der Waals surface area contributed by atoms with E-state index in [1.807, 2.05) is 0 Å². The largest absolute Gasteiger partial charge is 0.477 e. The number of aromatic carboxylic acids is 1. The smallest absolute Gasteiger partial charge is 0.352 e. The molecule has 0 atom stereocenters. The Labute approximate surface area is 130 Å². The van der Waals surface area contributed by atoms with Crippen molar-refractivity contribution in [3.05, 3.63) is 45.7 Å². The third-order valence-corrected chi connectivity index (χ3v) is 4.72. The fourth-order valence-corrected chi connectivity index (χ4v) is 3.80. The molecule has 0 unspecified atom stereocenters. The summed E-state index contributed by atoms with van der Waals surface area (Å²) in [7, 11) is -3.84. The van der Waals surface area contributed by atoms with Crippen molar-refractivity contribution in [1.82, 2.24) is 4.98 Å². The predicted octanol–water partition coefficient (Wildman–Crippen LogP) is 2.89. The summed E-state index contributed by atoms with van der Waals surface area (Å²) in [6.45, 7) is 3.57. The topological polar surface area (TPSA) is 99.3 Å². The Morgan fingerprint density at radius 2 is 1.81 bits per heavy atom. The highest BCUT2D eigenvalue weighted by atomic mass is 79.9. The fraction of sp³-hybridized carbons (Fsp3) is 0.154. The third-order valence-electron chi connectivity index (χ3n) is 2.93. The maximum atomic E-state index is 12.3. The highest BCUT2D eigenvalue weighted by molar-refractivity contribution is 9.10. The van der Waals surface area contributed by atoms with Gasteiger partial charge in [0.2, 0.25) is 0 Å². The zero-order chi connectivity index (χ0) is 15.8. The van der Waals surface area contributed by atoms with Crippen LogP contribution < -0.4 is 4.72 Å². The van der Waals surface area contributed by atoms with Gasteiger partial charge in [0.25, 0.3) is 10.0 Å². The molecule has 1 heterocycles. The minimum absolute atomic E-state index is 0.124. The van der Waals surface area contributed by atoms with Crippen molar-refractivity contribution in [3.63, 3.8) is 0 Å². The molecule has 0 aliphatic heterocycles. The molecule has 0 aliphatic carbocycles. The average Bonchev–Trinajstić information content (AvgIpc) is 2.84. The number of benzene rings is 1. The number of aromatic amines is 1. The van der Waals surface area contributed by atoms with E-state index >= 15 is 0 Å². The molecule has 0 aliphatic rings. The molecule has 0 fully saturated rings. The SMILES string of the molecule is Cc1cc(Br)cc(C)c1NS(=O)(=O)c1c[nH]c(C(=O)O)c1. The molecule has 0 bridgehead atoms. The van der Waals surface area contributed by atoms with Crippen molar-refractivity contribution in [3.8, 4) is 0 Å². The number of hydrogen-bond acceptors (Lipinski definition) is 3. The molecule has 8 heteroatoms. The second-order valence-electron chi connectivity index (χ2n) is 4.57. The molecule has 0 amide bonds. The molecular weight excluding hydrogens is 360 g/mol. The van der Waals surface area contributed by atoms with Crippen molar-refractivity contribution in [2.24, 2.45) is 0 Å². The number of carbonyl (C=O) groups is 1.